The zero-order valence-corrected chi connectivity index (χ0v) is 23.4. The third-order valence-electron chi connectivity index (χ3n) is 10.2. The highest BCUT2D eigenvalue weighted by atomic mass is 32.1. The SMILES string of the molecule is C[C@]12CCC(=O)C=C1CC[C@H]1[C@H]2C(=O)C[C@@]2(C)[C@H]1CC[C@]2(O)C(=O)COC(=O)CCC(=O)NCc1cccs1. The largest absolute Gasteiger partial charge is 0.458 e. The molecule has 0 aliphatic heterocycles. The van der Waals surface area contributed by atoms with E-state index >= 15 is 0 Å². The summed E-state index contributed by atoms with van der Waals surface area (Å²) < 4.78 is 5.19. The number of hydrogen-bond donors (Lipinski definition) is 2. The summed E-state index contributed by atoms with van der Waals surface area (Å²) in [6.07, 6.45) is 5.11. The van der Waals surface area contributed by atoms with Crippen molar-refractivity contribution in [2.24, 2.45) is 28.6 Å². The summed E-state index contributed by atoms with van der Waals surface area (Å²) >= 11 is 1.53. The Bertz CT molecular complexity index is 1220. The van der Waals surface area contributed by atoms with Crippen LogP contribution in [0.1, 0.15) is 76.5 Å². The minimum atomic E-state index is -1.75. The lowest BCUT2D eigenvalue weighted by molar-refractivity contribution is -0.173. The second kappa shape index (κ2) is 10.4. The number of ketones is 3. The predicted molar refractivity (Wildman–Crippen MR) is 143 cm³/mol. The number of thiophene rings is 1. The van der Waals surface area contributed by atoms with Crippen molar-refractivity contribution in [1.29, 1.82) is 0 Å². The zero-order chi connectivity index (χ0) is 28.0. The van der Waals surface area contributed by atoms with Crippen LogP contribution >= 0.6 is 11.3 Å². The molecule has 0 unspecified atom stereocenters. The maximum Gasteiger partial charge on any atom is 0.306 e. The van der Waals surface area contributed by atoms with E-state index in [4.69, 9.17) is 4.74 Å². The van der Waals surface area contributed by atoms with Gasteiger partial charge in [-0.2, -0.15) is 0 Å². The molecule has 0 spiro atoms. The molecule has 5 rings (SSSR count). The molecule has 1 heterocycles. The second-order valence-corrected chi connectivity index (χ2v) is 13.3. The Labute approximate surface area is 232 Å². The molecule has 210 valence electrons. The quantitative estimate of drug-likeness (QED) is 0.468. The molecular weight excluding hydrogens is 518 g/mol. The van der Waals surface area contributed by atoms with Crippen LogP contribution in [-0.2, 0) is 35.3 Å². The first-order valence-corrected chi connectivity index (χ1v) is 14.8. The van der Waals surface area contributed by atoms with E-state index in [1.165, 1.54) is 11.3 Å². The number of hydrogen-bond acceptors (Lipinski definition) is 8. The number of ether oxygens (including phenoxy) is 1. The molecule has 4 aliphatic rings. The molecule has 4 aliphatic carbocycles. The minimum absolute atomic E-state index is 0.00658. The van der Waals surface area contributed by atoms with Gasteiger partial charge in [-0.1, -0.05) is 25.5 Å². The Balaban J connectivity index is 1.19. The van der Waals surface area contributed by atoms with Crippen LogP contribution in [0.3, 0.4) is 0 Å². The van der Waals surface area contributed by atoms with Gasteiger partial charge in [0.1, 0.15) is 11.4 Å². The summed E-state index contributed by atoms with van der Waals surface area (Å²) in [6, 6.07) is 3.80. The normalized spacial score (nSPS) is 35.4. The monoisotopic (exact) mass is 555 g/mol. The smallest absolute Gasteiger partial charge is 0.306 e. The standard InChI is InChI=1S/C30H37NO7S/c1-28-11-9-19(32)14-18(28)5-6-21-22-10-12-30(37,29(22,2)15-23(33)27(21)28)24(34)17-38-26(36)8-7-25(35)31-16-20-4-3-13-39-20/h3-4,13-14,21-22,27,37H,5-12,15-17H2,1-2H3,(H,31,35)/t21-,22+,27+,28+,29+,30+/m1/s1. The lowest BCUT2D eigenvalue weighted by atomic mass is 9.46. The van der Waals surface area contributed by atoms with Crippen LogP contribution in [0.5, 0.6) is 0 Å². The lowest BCUT2D eigenvalue weighted by Crippen LogP contribution is -2.61. The van der Waals surface area contributed by atoms with Crippen molar-refractivity contribution in [3.05, 3.63) is 34.0 Å². The van der Waals surface area contributed by atoms with Gasteiger partial charge in [0, 0.05) is 35.5 Å². The Kier molecular flexibility index (Phi) is 7.44. The second-order valence-electron chi connectivity index (χ2n) is 12.2. The molecule has 6 atom stereocenters. The number of carbonyl (C=O) groups excluding carboxylic acids is 5. The molecule has 0 aromatic carbocycles. The molecule has 0 bridgehead atoms. The molecule has 1 aromatic rings. The molecule has 9 heteroatoms. The summed E-state index contributed by atoms with van der Waals surface area (Å²) in [5.74, 6) is -1.53. The van der Waals surface area contributed by atoms with Crippen LogP contribution in [0.4, 0.5) is 0 Å². The molecule has 39 heavy (non-hydrogen) atoms. The number of aliphatic hydroxyl groups is 1. The number of amides is 1. The molecule has 0 radical (unpaired) electrons. The molecule has 1 amide bonds. The van der Waals surface area contributed by atoms with E-state index in [0.717, 1.165) is 23.3 Å². The minimum Gasteiger partial charge on any atom is -0.458 e. The van der Waals surface area contributed by atoms with Crippen LogP contribution in [0.15, 0.2) is 29.2 Å². The van der Waals surface area contributed by atoms with Crippen molar-refractivity contribution in [3.8, 4) is 0 Å². The number of fused-ring (bicyclic) bond motifs is 5. The third kappa shape index (κ3) is 4.82. The lowest BCUT2D eigenvalue weighted by Gasteiger charge is -2.57. The van der Waals surface area contributed by atoms with Gasteiger partial charge in [-0.25, -0.2) is 0 Å². The first-order chi connectivity index (χ1) is 18.5. The molecule has 3 saturated carbocycles. The maximum absolute atomic E-state index is 13.7. The number of Topliss-reactive ketones (excluding diaryl/α,β-unsaturated/α-hetero) is 2. The summed E-state index contributed by atoms with van der Waals surface area (Å²) in [7, 11) is 0. The molecule has 8 nitrogen and oxygen atoms in total. The van der Waals surface area contributed by atoms with E-state index in [2.05, 4.69) is 12.2 Å². The van der Waals surface area contributed by atoms with Gasteiger partial charge in [0.2, 0.25) is 11.7 Å². The summed E-state index contributed by atoms with van der Waals surface area (Å²) in [4.78, 5) is 64.4. The zero-order valence-electron chi connectivity index (χ0n) is 22.6. The van der Waals surface area contributed by atoms with Crippen molar-refractivity contribution >= 4 is 40.6 Å². The average Bonchev–Trinajstić information content (AvgIpc) is 3.51. The van der Waals surface area contributed by atoms with Crippen molar-refractivity contribution in [2.75, 3.05) is 6.61 Å². The molecule has 3 fully saturated rings. The van der Waals surface area contributed by atoms with E-state index in [1.54, 1.807) is 6.08 Å². The van der Waals surface area contributed by atoms with Crippen molar-refractivity contribution in [2.45, 2.75) is 83.8 Å². The fraction of sp³-hybridized carbons (Fsp3) is 0.633. The average molecular weight is 556 g/mol. The third-order valence-corrected chi connectivity index (χ3v) is 11.1. The van der Waals surface area contributed by atoms with E-state index in [1.807, 2.05) is 24.4 Å². The number of esters is 1. The van der Waals surface area contributed by atoms with Gasteiger partial charge >= 0.3 is 5.97 Å². The van der Waals surface area contributed by atoms with Crippen LogP contribution < -0.4 is 5.32 Å². The van der Waals surface area contributed by atoms with Crippen LogP contribution in [0.2, 0.25) is 0 Å². The first-order valence-electron chi connectivity index (χ1n) is 13.9. The fourth-order valence-electron chi connectivity index (χ4n) is 8.09. The van der Waals surface area contributed by atoms with Gasteiger partial charge in [0.05, 0.1) is 13.0 Å². The van der Waals surface area contributed by atoms with Gasteiger partial charge < -0.3 is 15.2 Å². The van der Waals surface area contributed by atoms with E-state index in [-0.39, 0.29) is 66.3 Å². The Morgan fingerprint density at radius 2 is 1.92 bits per heavy atom. The molecule has 0 saturated heterocycles. The predicted octanol–water partition coefficient (Wildman–Crippen LogP) is 3.70. The highest BCUT2D eigenvalue weighted by Crippen LogP contribution is 2.66. The van der Waals surface area contributed by atoms with Gasteiger partial charge in [-0.3, -0.25) is 24.0 Å². The summed E-state index contributed by atoms with van der Waals surface area (Å²) in [6.45, 7) is 3.76. The van der Waals surface area contributed by atoms with Gasteiger partial charge in [-0.15, -0.1) is 11.3 Å². The van der Waals surface area contributed by atoms with Crippen LogP contribution in [-0.4, -0.2) is 46.5 Å². The topological polar surface area (TPSA) is 127 Å². The molecular formula is C30H37NO7S. The molecule has 2 N–H and O–H groups in total. The van der Waals surface area contributed by atoms with E-state index in [9.17, 15) is 29.1 Å². The van der Waals surface area contributed by atoms with E-state index in [0.29, 0.717) is 25.8 Å². The van der Waals surface area contributed by atoms with Gasteiger partial charge in [-0.05, 0) is 66.9 Å². The van der Waals surface area contributed by atoms with Crippen LogP contribution in [0, 0.1) is 28.6 Å². The highest BCUT2D eigenvalue weighted by molar-refractivity contribution is 7.09. The van der Waals surface area contributed by atoms with Crippen LogP contribution in [0.25, 0.3) is 0 Å². The maximum atomic E-state index is 13.7. The summed E-state index contributed by atoms with van der Waals surface area (Å²) in [5.41, 5.74) is -1.95. The van der Waals surface area contributed by atoms with Gasteiger partial charge in [0.25, 0.3) is 0 Å². The van der Waals surface area contributed by atoms with E-state index < -0.39 is 29.4 Å². The van der Waals surface area contributed by atoms with Crippen molar-refractivity contribution in [1.82, 2.24) is 5.32 Å². The summed E-state index contributed by atoms with van der Waals surface area (Å²) in [5, 5.41) is 16.4. The molecule has 1 aromatic heterocycles. The van der Waals surface area contributed by atoms with Crippen molar-refractivity contribution < 1.29 is 33.8 Å². The Morgan fingerprint density at radius 3 is 2.67 bits per heavy atom. The highest BCUT2D eigenvalue weighted by Gasteiger charge is 2.68. The Morgan fingerprint density at radius 1 is 1.13 bits per heavy atom. The number of rotatable bonds is 8. The Hall–Kier alpha value is -2.65. The fourth-order valence-corrected chi connectivity index (χ4v) is 8.73. The van der Waals surface area contributed by atoms with Crippen molar-refractivity contribution in [3.63, 3.8) is 0 Å². The van der Waals surface area contributed by atoms with Gasteiger partial charge in [0.15, 0.2) is 12.4 Å². The number of carbonyl (C=O) groups is 5. The number of nitrogens with one attached hydrogen (secondary N) is 1. The number of allylic oxidation sites excluding steroid dienone is 1. The first kappa shape index (κ1) is 27.9.